The largest absolute Gasteiger partial charge is 0.489 e. The van der Waals surface area contributed by atoms with Crippen molar-refractivity contribution < 1.29 is 14.3 Å². The van der Waals surface area contributed by atoms with Crippen LogP contribution in [0.2, 0.25) is 5.02 Å². The number of aromatic nitrogens is 1. The van der Waals surface area contributed by atoms with Crippen LogP contribution in [-0.4, -0.2) is 24.2 Å². The molecule has 0 aromatic carbocycles. The van der Waals surface area contributed by atoms with Crippen LogP contribution < -0.4 is 4.74 Å². The number of esters is 1. The number of nitrogens with zero attached hydrogens (tertiary/aromatic N) is 2. The molecule has 0 N–H and O–H groups in total. The zero-order valence-corrected chi connectivity index (χ0v) is 11.2. The van der Waals surface area contributed by atoms with Gasteiger partial charge < -0.3 is 9.47 Å². The Bertz CT molecular complexity index is 527. The summed E-state index contributed by atoms with van der Waals surface area (Å²) in [6.07, 6.45) is 3.60. The van der Waals surface area contributed by atoms with Crippen molar-refractivity contribution in [1.29, 1.82) is 5.26 Å². The molecular formula is C13H13ClN2O3. The first-order chi connectivity index (χ1) is 9.13. The van der Waals surface area contributed by atoms with Crippen LogP contribution in [0.15, 0.2) is 12.3 Å². The van der Waals surface area contributed by atoms with E-state index in [0.29, 0.717) is 12.2 Å². The lowest BCUT2D eigenvalue weighted by Gasteiger charge is -2.13. The first-order valence-corrected chi connectivity index (χ1v) is 6.32. The summed E-state index contributed by atoms with van der Waals surface area (Å²) in [7, 11) is 1.39. The Labute approximate surface area is 116 Å². The third kappa shape index (κ3) is 3.15. The number of hydrogen-bond donors (Lipinski definition) is 0. The van der Waals surface area contributed by atoms with Gasteiger partial charge in [0.2, 0.25) is 0 Å². The van der Waals surface area contributed by atoms with E-state index in [4.69, 9.17) is 26.3 Å². The SMILES string of the molecule is COC(=O)C1CC[C@@H](Oc2cnc(C#N)c(Cl)c2)C1. The molecule has 0 spiro atoms. The predicted molar refractivity (Wildman–Crippen MR) is 67.7 cm³/mol. The van der Waals surface area contributed by atoms with E-state index in [1.807, 2.05) is 6.07 Å². The molecule has 5 nitrogen and oxygen atoms in total. The number of nitriles is 1. The molecule has 2 atom stereocenters. The Morgan fingerprint density at radius 1 is 1.58 bits per heavy atom. The van der Waals surface area contributed by atoms with Crippen LogP contribution in [0.1, 0.15) is 25.0 Å². The van der Waals surface area contributed by atoms with Crippen molar-refractivity contribution in [3.05, 3.63) is 23.0 Å². The lowest BCUT2D eigenvalue weighted by molar-refractivity contribution is -0.145. The van der Waals surface area contributed by atoms with E-state index >= 15 is 0 Å². The second-order valence-corrected chi connectivity index (χ2v) is 4.79. The maximum atomic E-state index is 11.4. The van der Waals surface area contributed by atoms with E-state index in [1.54, 1.807) is 6.07 Å². The second-order valence-electron chi connectivity index (χ2n) is 4.39. The van der Waals surface area contributed by atoms with E-state index in [0.717, 1.165) is 12.8 Å². The van der Waals surface area contributed by atoms with Crippen LogP contribution in [0.25, 0.3) is 0 Å². The molecule has 1 heterocycles. The molecule has 1 saturated carbocycles. The van der Waals surface area contributed by atoms with Crippen molar-refractivity contribution in [2.75, 3.05) is 7.11 Å². The minimum atomic E-state index is -0.193. The summed E-state index contributed by atoms with van der Waals surface area (Å²) < 4.78 is 10.4. The normalized spacial score (nSPS) is 21.7. The molecule has 19 heavy (non-hydrogen) atoms. The molecule has 0 radical (unpaired) electrons. The lowest BCUT2D eigenvalue weighted by Crippen LogP contribution is -2.17. The topological polar surface area (TPSA) is 72.2 Å². The standard InChI is InChI=1S/C13H13ClN2O3/c1-18-13(17)8-2-3-9(4-8)19-10-5-11(14)12(6-15)16-7-10/h5,7-9H,2-4H2,1H3/t8?,9-/m1/s1. The Balaban J connectivity index is 1.98. The number of carbonyl (C=O) groups is 1. The fraction of sp³-hybridized carbons (Fsp3) is 0.462. The lowest BCUT2D eigenvalue weighted by atomic mass is 10.1. The molecule has 1 unspecified atom stereocenters. The molecule has 1 aliphatic rings. The highest BCUT2D eigenvalue weighted by atomic mass is 35.5. The van der Waals surface area contributed by atoms with Gasteiger partial charge in [0.1, 0.15) is 11.8 Å². The van der Waals surface area contributed by atoms with Crippen molar-refractivity contribution in [1.82, 2.24) is 4.98 Å². The first-order valence-electron chi connectivity index (χ1n) is 5.94. The number of hydrogen-bond acceptors (Lipinski definition) is 5. The summed E-state index contributed by atoms with van der Waals surface area (Å²) in [5.41, 5.74) is 0.174. The average molecular weight is 281 g/mol. The van der Waals surface area contributed by atoms with Crippen LogP contribution in [0.3, 0.4) is 0 Å². The van der Waals surface area contributed by atoms with E-state index in [-0.39, 0.29) is 28.7 Å². The summed E-state index contributed by atoms with van der Waals surface area (Å²) in [5, 5.41) is 8.99. The second kappa shape index (κ2) is 5.89. The fourth-order valence-electron chi connectivity index (χ4n) is 2.19. The zero-order chi connectivity index (χ0) is 13.8. The van der Waals surface area contributed by atoms with Gasteiger partial charge >= 0.3 is 5.97 Å². The van der Waals surface area contributed by atoms with Crippen molar-refractivity contribution in [2.45, 2.75) is 25.4 Å². The highest BCUT2D eigenvalue weighted by Gasteiger charge is 2.31. The van der Waals surface area contributed by atoms with Crippen LogP contribution in [0.5, 0.6) is 5.75 Å². The highest BCUT2D eigenvalue weighted by molar-refractivity contribution is 6.31. The van der Waals surface area contributed by atoms with Gasteiger partial charge in [-0.2, -0.15) is 5.26 Å². The molecule has 1 aromatic rings. The summed E-state index contributed by atoms with van der Waals surface area (Å²) in [4.78, 5) is 15.3. The number of methoxy groups -OCH3 is 1. The molecule has 6 heteroatoms. The molecule has 0 bridgehead atoms. The number of rotatable bonds is 3. The van der Waals surface area contributed by atoms with Crippen molar-refractivity contribution >= 4 is 17.6 Å². The number of carbonyl (C=O) groups excluding carboxylic acids is 1. The third-order valence-electron chi connectivity index (χ3n) is 3.14. The van der Waals surface area contributed by atoms with E-state index in [9.17, 15) is 4.79 Å². The minimum Gasteiger partial charge on any atom is -0.489 e. The Morgan fingerprint density at radius 3 is 3.00 bits per heavy atom. The van der Waals surface area contributed by atoms with Gasteiger partial charge in [-0.25, -0.2) is 4.98 Å². The van der Waals surface area contributed by atoms with Crippen LogP contribution in [0.4, 0.5) is 0 Å². The van der Waals surface area contributed by atoms with Crippen LogP contribution in [0, 0.1) is 17.2 Å². The molecule has 1 aromatic heterocycles. The van der Waals surface area contributed by atoms with Crippen molar-refractivity contribution in [3.8, 4) is 11.8 Å². The monoisotopic (exact) mass is 280 g/mol. The summed E-state index contributed by atoms with van der Waals surface area (Å²) >= 11 is 5.88. The smallest absolute Gasteiger partial charge is 0.308 e. The summed E-state index contributed by atoms with van der Waals surface area (Å²) in [6.45, 7) is 0. The Kier molecular flexibility index (Phi) is 4.23. The van der Waals surface area contributed by atoms with Crippen molar-refractivity contribution in [2.24, 2.45) is 5.92 Å². The van der Waals surface area contributed by atoms with E-state index in [1.165, 1.54) is 13.3 Å². The predicted octanol–water partition coefficient (Wildman–Crippen LogP) is 2.33. The molecule has 100 valence electrons. The molecule has 0 saturated heterocycles. The quantitative estimate of drug-likeness (QED) is 0.795. The molecule has 1 fully saturated rings. The number of ether oxygens (including phenoxy) is 2. The minimum absolute atomic E-state index is 0.0464. The molecule has 0 amide bonds. The van der Waals surface area contributed by atoms with Gasteiger partial charge in [0.15, 0.2) is 5.69 Å². The maximum absolute atomic E-state index is 11.4. The van der Waals surface area contributed by atoms with Gasteiger partial charge in [0, 0.05) is 6.07 Å². The first kappa shape index (κ1) is 13.6. The Morgan fingerprint density at radius 2 is 2.37 bits per heavy atom. The number of halogens is 1. The maximum Gasteiger partial charge on any atom is 0.308 e. The average Bonchev–Trinajstić information content (AvgIpc) is 2.86. The van der Waals surface area contributed by atoms with E-state index < -0.39 is 0 Å². The van der Waals surface area contributed by atoms with Gasteiger partial charge in [0.05, 0.1) is 30.4 Å². The summed E-state index contributed by atoms with van der Waals surface area (Å²) in [6, 6.07) is 3.45. The third-order valence-corrected chi connectivity index (χ3v) is 3.43. The van der Waals surface area contributed by atoms with Gasteiger partial charge in [-0.05, 0) is 19.3 Å². The Hall–Kier alpha value is -1.80. The molecular weight excluding hydrogens is 268 g/mol. The van der Waals surface area contributed by atoms with Crippen LogP contribution >= 0.6 is 11.6 Å². The molecule has 1 aliphatic carbocycles. The molecule has 2 rings (SSSR count). The van der Waals surface area contributed by atoms with Gasteiger partial charge in [-0.1, -0.05) is 11.6 Å². The van der Waals surface area contributed by atoms with E-state index in [2.05, 4.69) is 4.98 Å². The fourth-order valence-corrected chi connectivity index (χ4v) is 2.39. The summed E-state index contributed by atoms with van der Waals surface area (Å²) in [5.74, 6) is 0.221. The highest BCUT2D eigenvalue weighted by Crippen LogP contribution is 2.30. The van der Waals surface area contributed by atoms with Crippen molar-refractivity contribution in [3.63, 3.8) is 0 Å². The van der Waals surface area contributed by atoms with Gasteiger partial charge in [-0.15, -0.1) is 0 Å². The van der Waals surface area contributed by atoms with Gasteiger partial charge in [0.25, 0.3) is 0 Å². The van der Waals surface area contributed by atoms with Gasteiger partial charge in [-0.3, -0.25) is 4.79 Å². The molecule has 0 aliphatic heterocycles. The number of pyridine rings is 1. The van der Waals surface area contributed by atoms with Crippen LogP contribution in [-0.2, 0) is 9.53 Å². The zero-order valence-electron chi connectivity index (χ0n) is 10.4.